The van der Waals surface area contributed by atoms with Crippen LogP contribution in [0.5, 0.6) is 0 Å². The molecule has 0 amide bonds. The second-order valence-electron chi connectivity index (χ2n) is 2.35. The minimum Gasteiger partial charge on any atom is -0.478 e. The predicted molar refractivity (Wildman–Crippen MR) is 50.4 cm³/mol. The molecule has 0 bridgehead atoms. The van der Waals surface area contributed by atoms with Gasteiger partial charge in [0.05, 0.1) is 5.56 Å². The molecule has 0 unspecified atom stereocenters. The van der Waals surface area contributed by atoms with Crippen LogP contribution in [-0.4, -0.2) is 11.1 Å². The molecular formula is C8H8BrNO2. The van der Waals surface area contributed by atoms with E-state index in [9.17, 15) is 4.79 Å². The molecule has 12 heavy (non-hydrogen) atoms. The molecule has 0 aliphatic carbocycles. The van der Waals surface area contributed by atoms with Crippen LogP contribution in [0.1, 0.15) is 15.9 Å². The summed E-state index contributed by atoms with van der Waals surface area (Å²) in [7, 11) is 0. The van der Waals surface area contributed by atoms with Crippen LogP contribution in [0.2, 0.25) is 0 Å². The van der Waals surface area contributed by atoms with Crippen LogP contribution in [0.3, 0.4) is 0 Å². The van der Waals surface area contributed by atoms with Crippen molar-refractivity contribution in [2.75, 3.05) is 5.73 Å². The zero-order valence-electron chi connectivity index (χ0n) is 6.25. The number of carboxylic acid groups (broad SMARTS) is 1. The highest BCUT2D eigenvalue weighted by Crippen LogP contribution is 2.16. The third kappa shape index (κ3) is 1.76. The summed E-state index contributed by atoms with van der Waals surface area (Å²) in [6, 6.07) is 4.65. The summed E-state index contributed by atoms with van der Waals surface area (Å²) in [5, 5.41) is 9.21. The molecule has 1 aromatic rings. The number of halogens is 1. The highest BCUT2D eigenvalue weighted by Gasteiger charge is 2.04. The van der Waals surface area contributed by atoms with E-state index in [1.807, 2.05) is 0 Å². The lowest BCUT2D eigenvalue weighted by molar-refractivity contribution is 0.0697. The first kappa shape index (κ1) is 9.06. The van der Waals surface area contributed by atoms with Crippen LogP contribution in [0.25, 0.3) is 0 Å². The molecular weight excluding hydrogens is 222 g/mol. The van der Waals surface area contributed by atoms with Gasteiger partial charge >= 0.3 is 5.97 Å². The summed E-state index contributed by atoms with van der Waals surface area (Å²) in [6.07, 6.45) is 0. The first-order chi connectivity index (χ1) is 5.65. The summed E-state index contributed by atoms with van der Waals surface area (Å²) in [4.78, 5) is 10.5. The van der Waals surface area contributed by atoms with Gasteiger partial charge in [-0.15, -0.1) is 0 Å². The van der Waals surface area contributed by atoms with Crippen LogP contribution in [-0.2, 0) is 5.33 Å². The standard InChI is InChI=1S/C8H8BrNO2/c9-4-6-3-5(8(11)12)1-2-7(6)10/h1-3H,4,10H2,(H,11,12). The molecule has 0 aliphatic heterocycles. The van der Waals surface area contributed by atoms with Crippen molar-refractivity contribution in [2.45, 2.75) is 5.33 Å². The Balaban J connectivity index is 3.13. The average molecular weight is 230 g/mol. The lowest BCUT2D eigenvalue weighted by Gasteiger charge is -2.02. The molecule has 4 heteroatoms. The van der Waals surface area contributed by atoms with Gasteiger partial charge in [-0.05, 0) is 23.8 Å². The number of hydrogen-bond acceptors (Lipinski definition) is 2. The Labute approximate surface area is 78.3 Å². The smallest absolute Gasteiger partial charge is 0.335 e. The maximum absolute atomic E-state index is 10.5. The summed E-state index contributed by atoms with van der Waals surface area (Å²) in [5.41, 5.74) is 7.25. The molecule has 3 N–H and O–H groups in total. The molecule has 0 saturated carbocycles. The fraction of sp³-hybridized carbons (Fsp3) is 0.125. The van der Waals surface area contributed by atoms with E-state index < -0.39 is 5.97 Å². The van der Waals surface area contributed by atoms with E-state index in [0.29, 0.717) is 11.0 Å². The van der Waals surface area contributed by atoms with Gasteiger partial charge in [0, 0.05) is 11.0 Å². The van der Waals surface area contributed by atoms with Gasteiger partial charge in [0.15, 0.2) is 0 Å². The third-order valence-electron chi connectivity index (χ3n) is 1.53. The van der Waals surface area contributed by atoms with E-state index in [1.165, 1.54) is 6.07 Å². The van der Waals surface area contributed by atoms with E-state index in [0.717, 1.165) is 5.56 Å². The van der Waals surface area contributed by atoms with Crippen LogP contribution in [0.4, 0.5) is 5.69 Å². The highest BCUT2D eigenvalue weighted by molar-refractivity contribution is 9.08. The normalized spacial score (nSPS) is 9.75. The van der Waals surface area contributed by atoms with Crippen LogP contribution in [0, 0.1) is 0 Å². The zero-order chi connectivity index (χ0) is 9.14. The number of carbonyl (C=O) groups is 1. The van der Waals surface area contributed by atoms with Crippen molar-refractivity contribution >= 4 is 27.6 Å². The predicted octanol–water partition coefficient (Wildman–Crippen LogP) is 1.86. The monoisotopic (exact) mass is 229 g/mol. The third-order valence-corrected chi connectivity index (χ3v) is 2.14. The highest BCUT2D eigenvalue weighted by atomic mass is 79.9. The Morgan fingerprint density at radius 3 is 2.75 bits per heavy atom. The fourth-order valence-corrected chi connectivity index (χ4v) is 1.34. The molecule has 0 atom stereocenters. The number of aromatic carboxylic acids is 1. The van der Waals surface area contributed by atoms with Gasteiger partial charge in [-0.3, -0.25) is 0 Å². The topological polar surface area (TPSA) is 63.3 Å². The first-order valence-corrected chi connectivity index (χ1v) is 4.45. The van der Waals surface area contributed by atoms with E-state index in [4.69, 9.17) is 10.8 Å². The molecule has 0 heterocycles. The first-order valence-electron chi connectivity index (χ1n) is 3.33. The number of rotatable bonds is 2. The van der Waals surface area contributed by atoms with Gasteiger partial charge < -0.3 is 10.8 Å². The molecule has 0 spiro atoms. The van der Waals surface area contributed by atoms with E-state index in [-0.39, 0.29) is 5.56 Å². The van der Waals surface area contributed by atoms with Crippen molar-refractivity contribution < 1.29 is 9.90 Å². The minimum atomic E-state index is -0.933. The Bertz CT molecular complexity index is 312. The summed E-state index contributed by atoms with van der Waals surface area (Å²) >= 11 is 3.22. The number of nitrogens with two attached hydrogens (primary N) is 1. The SMILES string of the molecule is Nc1ccc(C(=O)O)cc1CBr. The Hall–Kier alpha value is -1.03. The van der Waals surface area contributed by atoms with Gasteiger partial charge in [0.1, 0.15) is 0 Å². The average Bonchev–Trinajstić information content (AvgIpc) is 2.05. The Morgan fingerprint density at radius 2 is 2.25 bits per heavy atom. The van der Waals surface area contributed by atoms with Crippen molar-refractivity contribution in [1.82, 2.24) is 0 Å². The lowest BCUT2D eigenvalue weighted by atomic mass is 10.1. The maximum Gasteiger partial charge on any atom is 0.335 e. The van der Waals surface area contributed by atoms with Gasteiger partial charge in [-0.25, -0.2) is 4.79 Å². The zero-order valence-corrected chi connectivity index (χ0v) is 7.84. The van der Waals surface area contributed by atoms with E-state index in [2.05, 4.69) is 15.9 Å². The van der Waals surface area contributed by atoms with Crippen molar-refractivity contribution in [1.29, 1.82) is 0 Å². The van der Waals surface area contributed by atoms with Crippen LogP contribution < -0.4 is 5.73 Å². The van der Waals surface area contributed by atoms with Crippen molar-refractivity contribution in [3.63, 3.8) is 0 Å². The van der Waals surface area contributed by atoms with Gasteiger partial charge in [-0.2, -0.15) is 0 Å². The minimum absolute atomic E-state index is 0.263. The van der Waals surface area contributed by atoms with Crippen molar-refractivity contribution in [3.05, 3.63) is 29.3 Å². The number of anilines is 1. The molecule has 0 aliphatic rings. The molecule has 1 aromatic carbocycles. The molecule has 0 aromatic heterocycles. The molecule has 3 nitrogen and oxygen atoms in total. The second kappa shape index (κ2) is 3.58. The summed E-state index contributed by atoms with van der Waals surface area (Å²) < 4.78 is 0. The fourth-order valence-electron chi connectivity index (χ4n) is 0.855. The quantitative estimate of drug-likeness (QED) is 0.602. The lowest BCUT2D eigenvalue weighted by Crippen LogP contribution is -1.99. The van der Waals surface area contributed by atoms with Gasteiger partial charge in [-0.1, -0.05) is 15.9 Å². The maximum atomic E-state index is 10.5. The van der Waals surface area contributed by atoms with Crippen LogP contribution >= 0.6 is 15.9 Å². The molecule has 0 radical (unpaired) electrons. The molecule has 0 fully saturated rings. The van der Waals surface area contributed by atoms with Gasteiger partial charge in [0.25, 0.3) is 0 Å². The van der Waals surface area contributed by atoms with Crippen molar-refractivity contribution in [3.8, 4) is 0 Å². The largest absolute Gasteiger partial charge is 0.478 e. The number of carboxylic acids is 1. The molecule has 0 saturated heterocycles. The van der Waals surface area contributed by atoms with Crippen LogP contribution in [0.15, 0.2) is 18.2 Å². The Morgan fingerprint density at radius 1 is 1.58 bits per heavy atom. The second-order valence-corrected chi connectivity index (χ2v) is 2.91. The van der Waals surface area contributed by atoms with Gasteiger partial charge in [0.2, 0.25) is 0 Å². The van der Waals surface area contributed by atoms with Crippen molar-refractivity contribution in [2.24, 2.45) is 0 Å². The number of benzene rings is 1. The van der Waals surface area contributed by atoms with E-state index >= 15 is 0 Å². The number of alkyl halides is 1. The molecule has 1 rings (SSSR count). The summed E-state index contributed by atoms with van der Waals surface area (Å²) in [6.45, 7) is 0. The molecule has 64 valence electrons. The summed E-state index contributed by atoms with van der Waals surface area (Å²) in [5.74, 6) is -0.933. The van der Waals surface area contributed by atoms with E-state index in [1.54, 1.807) is 12.1 Å². The number of nitrogen functional groups attached to an aromatic ring is 1. The Kier molecular flexibility index (Phi) is 2.70. The number of hydrogen-bond donors (Lipinski definition) is 2.